The second-order valence-corrected chi connectivity index (χ2v) is 6.26. The number of carboxylic acids is 1. The molecule has 2 N–H and O–H groups in total. The van der Waals surface area contributed by atoms with E-state index in [0.717, 1.165) is 22.4 Å². The monoisotopic (exact) mass is 354 g/mol. The minimum Gasteiger partial charge on any atom is -0.508 e. The number of carbonyl (C=O) groups is 1. The Balaban J connectivity index is 1.77. The third kappa shape index (κ3) is 4.06. The Bertz CT molecular complexity index is 784. The molecule has 2 aromatic rings. The number of hydrogen-bond donors (Lipinski definition) is 2. The molecule has 0 fully saturated rings. The predicted octanol–water partition coefficient (Wildman–Crippen LogP) is 4.18. The first-order chi connectivity index (χ1) is 12.6. The second-order valence-electron chi connectivity index (χ2n) is 6.26. The van der Waals surface area contributed by atoms with Gasteiger partial charge in [0.05, 0.1) is 25.2 Å². The molecule has 26 heavy (non-hydrogen) atoms. The number of phenolic OH excluding ortho intramolecular Hbond substituents is 1. The van der Waals surface area contributed by atoms with Crippen molar-refractivity contribution in [2.24, 2.45) is 0 Å². The van der Waals surface area contributed by atoms with Crippen molar-refractivity contribution in [3.63, 3.8) is 0 Å². The van der Waals surface area contributed by atoms with E-state index in [9.17, 15) is 9.90 Å². The van der Waals surface area contributed by atoms with Gasteiger partial charge in [-0.2, -0.15) is 0 Å². The number of hydrogen-bond acceptors (Lipinski definition) is 4. The lowest BCUT2D eigenvalue weighted by atomic mass is 9.95. The maximum Gasteiger partial charge on any atom is 0.306 e. The summed E-state index contributed by atoms with van der Waals surface area (Å²) in [6, 6.07) is 13.0. The van der Waals surface area contributed by atoms with Crippen molar-refractivity contribution in [3.05, 3.63) is 71.8 Å². The van der Waals surface area contributed by atoms with Crippen LogP contribution < -0.4 is 4.74 Å². The number of aliphatic carboxylic acids is 1. The van der Waals surface area contributed by atoms with E-state index in [2.05, 4.69) is 6.58 Å². The van der Waals surface area contributed by atoms with Crippen LogP contribution in [0.1, 0.15) is 41.7 Å². The van der Waals surface area contributed by atoms with Crippen molar-refractivity contribution in [2.45, 2.75) is 31.5 Å². The standard InChI is InChI=1S/C21H22O5/c1-2-6-14-11-16-17(12-18(14)22)19(26-20(16)13-21(23)24)9-10-25-15-7-4-3-5-8-15/h2-5,7-8,11-12,19-20,22H,1,6,9-10,13H2,(H,23,24). The van der Waals surface area contributed by atoms with Crippen molar-refractivity contribution in [3.8, 4) is 11.5 Å². The Labute approximate surface area is 152 Å². The molecule has 2 atom stereocenters. The summed E-state index contributed by atoms with van der Waals surface area (Å²) in [6.45, 7) is 4.12. The highest BCUT2D eigenvalue weighted by Gasteiger charge is 2.34. The summed E-state index contributed by atoms with van der Waals surface area (Å²) in [6.07, 6.45) is 1.85. The Morgan fingerprint density at radius 3 is 2.62 bits per heavy atom. The minimum absolute atomic E-state index is 0.110. The minimum atomic E-state index is -0.916. The van der Waals surface area contributed by atoms with Crippen LogP contribution in [-0.2, 0) is 16.0 Å². The van der Waals surface area contributed by atoms with Gasteiger partial charge in [0.15, 0.2) is 0 Å². The van der Waals surface area contributed by atoms with Gasteiger partial charge < -0.3 is 19.7 Å². The van der Waals surface area contributed by atoms with E-state index in [1.54, 1.807) is 12.1 Å². The molecule has 5 nitrogen and oxygen atoms in total. The molecule has 2 aromatic carbocycles. The van der Waals surface area contributed by atoms with Crippen LogP contribution in [-0.4, -0.2) is 22.8 Å². The third-order valence-electron chi connectivity index (χ3n) is 4.42. The van der Waals surface area contributed by atoms with Gasteiger partial charge in [-0.15, -0.1) is 6.58 Å². The van der Waals surface area contributed by atoms with Crippen molar-refractivity contribution < 1.29 is 24.5 Å². The number of carboxylic acid groups (broad SMARTS) is 1. The molecule has 0 aromatic heterocycles. The molecule has 136 valence electrons. The maximum atomic E-state index is 11.2. The van der Waals surface area contributed by atoms with Crippen LogP contribution >= 0.6 is 0 Å². The van der Waals surface area contributed by atoms with Crippen molar-refractivity contribution in [1.82, 2.24) is 0 Å². The number of allylic oxidation sites excluding steroid dienone is 1. The average molecular weight is 354 g/mol. The van der Waals surface area contributed by atoms with E-state index in [4.69, 9.17) is 14.6 Å². The van der Waals surface area contributed by atoms with Crippen LogP contribution in [0.15, 0.2) is 55.1 Å². The molecule has 0 aliphatic carbocycles. The first kappa shape index (κ1) is 18.0. The smallest absolute Gasteiger partial charge is 0.306 e. The van der Waals surface area contributed by atoms with E-state index in [1.807, 2.05) is 36.4 Å². The summed E-state index contributed by atoms with van der Waals surface area (Å²) in [5.74, 6) is 0.0367. The number of benzene rings is 2. The summed E-state index contributed by atoms with van der Waals surface area (Å²) < 4.78 is 11.7. The number of aromatic hydroxyl groups is 1. The Morgan fingerprint density at radius 1 is 1.19 bits per heavy atom. The first-order valence-electron chi connectivity index (χ1n) is 8.60. The summed E-state index contributed by atoms with van der Waals surface area (Å²) in [4.78, 5) is 11.2. The van der Waals surface area contributed by atoms with Crippen LogP contribution in [0.5, 0.6) is 11.5 Å². The molecule has 0 saturated carbocycles. The molecular weight excluding hydrogens is 332 g/mol. The first-order valence-corrected chi connectivity index (χ1v) is 8.60. The van der Waals surface area contributed by atoms with E-state index in [1.165, 1.54) is 0 Å². The molecule has 0 spiro atoms. The lowest BCUT2D eigenvalue weighted by Gasteiger charge is -2.14. The maximum absolute atomic E-state index is 11.2. The van der Waals surface area contributed by atoms with Crippen LogP contribution in [0.2, 0.25) is 0 Å². The largest absolute Gasteiger partial charge is 0.508 e. The number of ether oxygens (including phenoxy) is 2. The molecule has 1 aliphatic rings. The fourth-order valence-electron chi connectivity index (χ4n) is 3.23. The molecule has 0 saturated heterocycles. The Kier molecular flexibility index (Phi) is 5.58. The van der Waals surface area contributed by atoms with Gasteiger partial charge in [0.25, 0.3) is 0 Å². The quantitative estimate of drug-likeness (QED) is 0.696. The number of rotatable bonds is 8. The lowest BCUT2D eigenvalue weighted by molar-refractivity contribution is -0.141. The van der Waals surface area contributed by atoms with E-state index in [0.29, 0.717) is 19.4 Å². The molecule has 5 heteroatoms. The average Bonchev–Trinajstić information content (AvgIpc) is 2.92. The molecule has 2 unspecified atom stereocenters. The highest BCUT2D eigenvalue weighted by molar-refractivity contribution is 5.68. The van der Waals surface area contributed by atoms with Crippen LogP contribution in [0, 0.1) is 0 Å². The molecule has 0 bridgehead atoms. The molecule has 1 heterocycles. The van der Waals surface area contributed by atoms with Crippen LogP contribution in [0.4, 0.5) is 0 Å². The number of phenols is 1. The fraction of sp³-hybridized carbons (Fsp3) is 0.286. The Morgan fingerprint density at radius 2 is 1.92 bits per heavy atom. The predicted molar refractivity (Wildman–Crippen MR) is 97.4 cm³/mol. The van der Waals surface area contributed by atoms with E-state index in [-0.39, 0.29) is 18.3 Å². The summed E-state index contributed by atoms with van der Waals surface area (Å²) in [7, 11) is 0. The summed E-state index contributed by atoms with van der Waals surface area (Å²) in [5, 5.41) is 19.4. The second kappa shape index (κ2) is 8.06. The van der Waals surface area contributed by atoms with E-state index >= 15 is 0 Å². The fourth-order valence-corrected chi connectivity index (χ4v) is 3.23. The lowest BCUT2D eigenvalue weighted by Crippen LogP contribution is -2.08. The zero-order valence-corrected chi connectivity index (χ0v) is 14.4. The van der Waals surface area contributed by atoms with Gasteiger partial charge in [-0.3, -0.25) is 4.79 Å². The van der Waals surface area contributed by atoms with Gasteiger partial charge in [-0.25, -0.2) is 0 Å². The van der Waals surface area contributed by atoms with Crippen LogP contribution in [0.25, 0.3) is 0 Å². The van der Waals surface area contributed by atoms with Crippen molar-refractivity contribution in [2.75, 3.05) is 6.61 Å². The Hall–Kier alpha value is -2.79. The molecular formula is C21H22O5. The van der Waals surface area contributed by atoms with Gasteiger partial charge in [-0.05, 0) is 47.4 Å². The number of para-hydroxylation sites is 1. The highest BCUT2D eigenvalue weighted by atomic mass is 16.5. The number of fused-ring (bicyclic) bond motifs is 1. The van der Waals surface area contributed by atoms with Crippen LogP contribution in [0.3, 0.4) is 0 Å². The van der Waals surface area contributed by atoms with Gasteiger partial charge in [-0.1, -0.05) is 24.3 Å². The van der Waals surface area contributed by atoms with Crippen molar-refractivity contribution >= 4 is 5.97 Å². The van der Waals surface area contributed by atoms with Gasteiger partial charge >= 0.3 is 5.97 Å². The highest BCUT2D eigenvalue weighted by Crippen LogP contribution is 2.45. The molecule has 0 amide bonds. The molecule has 0 radical (unpaired) electrons. The molecule has 3 rings (SSSR count). The molecule has 1 aliphatic heterocycles. The topological polar surface area (TPSA) is 76.0 Å². The summed E-state index contributed by atoms with van der Waals surface area (Å²) >= 11 is 0. The normalized spacial score (nSPS) is 18.3. The summed E-state index contributed by atoms with van der Waals surface area (Å²) in [5.41, 5.74) is 2.38. The van der Waals surface area contributed by atoms with Gasteiger partial charge in [0, 0.05) is 6.42 Å². The zero-order valence-electron chi connectivity index (χ0n) is 14.4. The van der Waals surface area contributed by atoms with Gasteiger partial charge in [0.1, 0.15) is 11.5 Å². The zero-order chi connectivity index (χ0) is 18.5. The van der Waals surface area contributed by atoms with E-state index < -0.39 is 12.1 Å². The van der Waals surface area contributed by atoms with Gasteiger partial charge in [0.2, 0.25) is 0 Å². The third-order valence-corrected chi connectivity index (χ3v) is 4.42. The SMILES string of the molecule is C=CCc1cc2c(cc1O)C(CCOc1ccccc1)OC2CC(=O)O. The van der Waals surface area contributed by atoms with Crippen molar-refractivity contribution in [1.29, 1.82) is 0 Å².